The number of hydrogen-bond acceptors (Lipinski definition) is 4. The van der Waals surface area contributed by atoms with Crippen molar-refractivity contribution in [1.82, 2.24) is 0 Å². The van der Waals surface area contributed by atoms with Crippen LogP contribution in [0.1, 0.15) is 0 Å². The standard InChI is InChI=1S/C11H12BrClO4/c1-16-9(14)7-4-3-5-11(6-13,8(7)12)10(15)17-2/h3-5,8H,6H2,1-2H3. The summed E-state index contributed by atoms with van der Waals surface area (Å²) in [6, 6.07) is 0. The fourth-order valence-electron chi connectivity index (χ4n) is 1.59. The van der Waals surface area contributed by atoms with Gasteiger partial charge in [0.1, 0.15) is 5.41 Å². The third kappa shape index (κ3) is 2.40. The molecule has 0 fully saturated rings. The molecular formula is C11H12BrClO4. The highest BCUT2D eigenvalue weighted by atomic mass is 79.9. The van der Waals surface area contributed by atoms with E-state index in [-0.39, 0.29) is 5.88 Å². The molecule has 1 aliphatic carbocycles. The number of alkyl halides is 2. The predicted molar refractivity (Wildman–Crippen MR) is 67.1 cm³/mol. The van der Waals surface area contributed by atoms with E-state index < -0.39 is 22.2 Å². The molecule has 0 bridgehead atoms. The van der Waals surface area contributed by atoms with Crippen LogP contribution >= 0.6 is 27.5 Å². The van der Waals surface area contributed by atoms with Crippen LogP contribution in [-0.4, -0.2) is 36.9 Å². The minimum atomic E-state index is -1.09. The van der Waals surface area contributed by atoms with Crippen molar-refractivity contribution in [3.8, 4) is 0 Å². The van der Waals surface area contributed by atoms with Crippen molar-refractivity contribution >= 4 is 39.5 Å². The van der Waals surface area contributed by atoms with Gasteiger partial charge in [0.2, 0.25) is 0 Å². The van der Waals surface area contributed by atoms with E-state index in [2.05, 4.69) is 20.7 Å². The Morgan fingerprint density at radius 2 is 2.12 bits per heavy atom. The summed E-state index contributed by atoms with van der Waals surface area (Å²) in [4.78, 5) is 22.8. The molecular weight excluding hydrogens is 311 g/mol. The van der Waals surface area contributed by atoms with Crippen LogP contribution in [0, 0.1) is 5.41 Å². The van der Waals surface area contributed by atoms with E-state index in [0.29, 0.717) is 5.57 Å². The van der Waals surface area contributed by atoms with Gasteiger partial charge in [0.15, 0.2) is 0 Å². The molecule has 0 N–H and O–H groups in total. The zero-order valence-electron chi connectivity index (χ0n) is 9.41. The number of halogens is 2. The number of carbonyl (C=O) groups is 2. The van der Waals surface area contributed by atoms with E-state index in [9.17, 15) is 9.59 Å². The Kier molecular flexibility index (Phi) is 4.77. The largest absolute Gasteiger partial charge is 0.468 e. The average Bonchev–Trinajstić information content (AvgIpc) is 2.37. The highest BCUT2D eigenvalue weighted by Gasteiger charge is 2.47. The molecule has 94 valence electrons. The topological polar surface area (TPSA) is 52.6 Å². The number of ether oxygens (including phenoxy) is 2. The molecule has 2 atom stereocenters. The molecule has 4 nitrogen and oxygen atoms in total. The second kappa shape index (κ2) is 5.69. The second-order valence-corrected chi connectivity index (χ2v) is 4.68. The van der Waals surface area contributed by atoms with E-state index in [1.807, 2.05) is 0 Å². The van der Waals surface area contributed by atoms with Gasteiger partial charge in [-0.2, -0.15) is 0 Å². The molecule has 0 amide bonds. The van der Waals surface area contributed by atoms with Gasteiger partial charge < -0.3 is 9.47 Å². The van der Waals surface area contributed by atoms with Crippen molar-refractivity contribution in [2.45, 2.75) is 4.83 Å². The number of carbonyl (C=O) groups excluding carboxylic acids is 2. The summed E-state index contributed by atoms with van der Waals surface area (Å²) < 4.78 is 9.38. The molecule has 0 saturated carbocycles. The zero-order chi connectivity index (χ0) is 13.1. The molecule has 0 radical (unpaired) electrons. The molecule has 6 heteroatoms. The summed E-state index contributed by atoms with van der Waals surface area (Å²) in [5.74, 6) is -1.00. The Morgan fingerprint density at radius 1 is 1.47 bits per heavy atom. The second-order valence-electron chi connectivity index (χ2n) is 3.50. The van der Waals surface area contributed by atoms with E-state index >= 15 is 0 Å². The van der Waals surface area contributed by atoms with E-state index in [1.165, 1.54) is 14.2 Å². The minimum absolute atomic E-state index is 0.000421. The maximum atomic E-state index is 11.8. The first-order valence-electron chi connectivity index (χ1n) is 4.79. The molecule has 2 unspecified atom stereocenters. The lowest BCUT2D eigenvalue weighted by Crippen LogP contribution is -2.44. The Labute approximate surface area is 113 Å². The van der Waals surface area contributed by atoms with Crippen LogP contribution in [0.4, 0.5) is 0 Å². The highest BCUT2D eigenvalue weighted by Crippen LogP contribution is 2.40. The fraction of sp³-hybridized carbons (Fsp3) is 0.455. The third-order valence-electron chi connectivity index (χ3n) is 2.60. The average molecular weight is 324 g/mol. The smallest absolute Gasteiger partial charge is 0.334 e. The molecule has 0 aromatic heterocycles. The first-order valence-corrected chi connectivity index (χ1v) is 6.24. The van der Waals surface area contributed by atoms with Crippen LogP contribution < -0.4 is 0 Å². The Bertz CT molecular complexity index is 391. The van der Waals surface area contributed by atoms with Crippen LogP contribution in [0.2, 0.25) is 0 Å². The molecule has 0 saturated heterocycles. The van der Waals surface area contributed by atoms with Crippen molar-refractivity contribution in [3.05, 3.63) is 23.8 Å². The number of hydrogen-bond donors (Lipinski definition) is 0. The van der Waals surface area contributed by atoms with Crippen LogP contribution in [0.5, 0.6) is 0 Å². The van der Waals surface area contributed by atoms with Crippen LogP contribution in [0.15, 0.2) is 23.8 Å². The van der Waals surface area contributed by atoms with Gasteiger partial charge in [-0.15, -0.1) is 11.6 Å². The van der Waals surface area contributed by atoms with Gasteiger partial charge in [0.25, 0.3) is 0 Å². The normalized spacial score (nSPS) is 27.3. The monoisotopic (exact) mass is 322 g/mol. The molecule has 17 heavy (non-hydrogen) atoms. The quantitative estimate of drug-likeness (QED) is 0.587. The lowest BCUT2D eigenvalue weighted by atomic mass is 9.79. The van der Waals surface area contributed by atoms with Crippen molar-refractivity contribution in [1.29, 1.82) is 0 Å². The summed E-state index contributed by atoms with van der Waals surface area (Å²) in [6.45, 7) is 0. The van der Waals surface area contributed by atoms with Crippen LogP contribution in [-0.2, 0) is 19.1 Å². The fourth-order valence-corrected chi connectivity index (χ4v) is 2.97. The number of methoxy groups -OCH3 is 2. The van der Waals surface area contributed by atoms with Gasteiger partial charge in [-0.3, -0.25) is 4.79 Å². The van der Waals surface area contributed by atoms with Crippen molar-refractivity contribution < 1.29 is 19.1 Å². The van der Waals surface area contributed by atoms with E-state index in [4.69, 9.17) is 16.3 Å². The molecule has 0 heterocycles. The maximum Gasteiger partial charge on any atom is 0.334 e. The minimum Gasteiger partial charge on any atom is -0.468 e. The summed E-state index contributed by atoms with van der Waals surface area (Å²) in [5.41, 5.74) is -0.754. The van der Waals surface area contributed by atoms with E-state index in [1.54, 1.807) is 18.2 Å². The Morgan fingerprint density at radius 3 is 2.59 bits per heavy atom. The van der Waals surface area contributed by atoms with Crippen LogP contribution in [0.25, 0.3) is 0 Å². The van der Waals surface area contributed by atoms with Crippen molar-refractivity contribution in [2.24, 2.45) is 5.41 Å². The Balaban J connectivity index is 3.15. The molecule has 0 aromatic carbocycles. The summed E-state index contributed by atoms with van der Waals surface area (Å²) in [5, 5.41) is 0. The lowest BCUT2D eigenvalue weighted by molar-refractivity contribution is -0.148. The molecule has 0 spiro atoms. The SMILES string of the molecule is COC(=O)C1=CC=CC(CCl)(C(=O)OC)C1Br. The first-order chi connectivity index (χ1) is 8.03. The van der Waals surface area contributed by atoms with Crippen molar-refractivity contribution in [3.63, 3.8) is 0 Å². The van der Waals surface area contributed by atoms with E-state index in [0.717, 1.165) is 0 Å². The number of rotatable bonds is 3. The summed E-state index contributed by atoms with van der Waals surface area (Å²) in [6.07, 6.45) is 4.81. The maximum absolute atomic E-state index is 11.8. The van der Waals surface area contributed by atoms with Gasteiger partial charge in [-0.1, -0.05) is 34.2 Å². The predicted octanol–water partition coefficient (Wildman–Crippen LogP) is 1.82. The van der Waals surface area contributed by atoms with Gasteiger partial charge in [-0.25, -0.2) is 4.79 Å². The van der Waals surface area contributed by atoms with Crippen molar-refractivity contribution in [2.75, 3.05) is 20.1 Å². The van der Waals surface area contributed by atoms with Crippen LogP contribution in [0.3, 0.4) is 0 Å². The number of allylic oxidation sites excluding steroid dienone is 2. The highest BCUT2D eigenvalue weighted by molar-refractivity contribution is 9.09. The first kappa shape index (κ1) is 14.3. The molecule has 0 aromatic rings. The van der Waals surface area contributed by atoms with Gasteiger partial charge >= 0.3 is 11.9 Å². The van der Waals surface area contributed by atoms with Gasteiger partial charge in [0.05, 0.1) is 24.6 Å². The summed E-state index contributed by atoms with van der Waals surface area (Å²) in [7, 11) is 2.56. The zero-order valence-corrected chi connectivity index (χ0v) is 11.7. The lowest BCUT2D eigenvalue weighted by Gasteiger charge is -2.33. The molecule has 1 rings (SSSR count). The third-order valence-corrected chi connectivity index (χ3v) is 4.35. The molecule has 1 aliphatic rings. The van der Waals surface area contributed by atoms with Gasteiger partial charge in [-0.05, 0) is 0 Å². The van der Waals surface area contributed by atoms with Gasteiger partial charge in [0, 0.05) is 5.88 Å². The Hall–Kier alpha value is -0.810. The number of esters is 2. The summed E-state index contributed by atoms with van der Waals surface area (Å²) >= 11 is 9.17. The molecule has 0 aliphatic heterocycles.